The van der Waals surface area contributed by atoms with Crippen molar-refractivity contribution in [2.45, 2.75) is 13.3 Å². The van der Waals surface area contributed by atoms with Crippen molar-refractivity contribution in [3.05, 3.63) is 24.9 Å². The molecule has 1 amide bonds. The fraction of sp³-hybridized carbons (Fsp3) is 0.286. The fourth-order valence-corrected chi connectivity index (χ4v) is 0.318. The smallest absolute Gasteiger partial charge is 0.224 e. The van der Waals surface area contributed by atoms with E-state index in [0.29, 0.717) is 12.1 Å². The number of carbonyl (C=O) groups is 1. The Morgan fingerprint density at radius 3 is 2.67 bits per heavy atom. The van der Waals surface area contributed by atoms with Crippen molar-refractivity contribution in [1.82, 2.24) is 5.32 Å². The number of hydrogen-bond donors (Lipinski definition) is 1. The number of hydrogen-bond acceptors (Lipinski definition) is 1. The van der Waals surface area contributed by atoms with Crippen LogP contribution in [0, 0.1) is 0 Å². The molecule has 1 N–H and O–H groups in total. The highest BCUT2D eigenvalue weighted by molar-refractivity contribution is 5.77. The van der Waals surface area contributed by atoms with Gasteiger partial charge in [0.25, 0.3) is 0 Å². The van der Waals surface area contributed by atoms with Gasteiger partial charge >= 0.3 is 0 Å². The minimum Gasteiger partial charge on any atom is -0.327 e. The number of nitrogens with one attached hydrogen (secondary N) is 1. The van der Waals surface area contributed by atoms with Crippen LogP contribution in [0.3, 0.4) is 0 Å². The lowest BCUT2D eigenvalue weighted by Crippen LogP contribution is -2.19. The monoisotopic (exact) mass is 125 g/mol. The lowest BCUT2D eigenvalue weighted by atomic mass is 10.4. The van der Waals surface area contributed by atoms with Gasteiger partial charge in [-0.1, -0.05) is 20.1 Å². The second-order valence-corrected chi connectivity index (χ2v) is 1.63. The zero-order chi connectivity index (χ0) is 7.28. The molecule has 2 nitrogen and oxygen atoms in total. The van der Waals surface area contributed by atoms with Crippen molar-refractivity contribution in [3.8, 4) is 0 Å². The van der Waals surface area contributed by atoms with Crippen LogP contribution >= 0.6 is 0 Å². The van der Waals surface area contributed by atoms with Gasteiger partial charge < -0.3 is 5.32 Å². The molecule has 0 aromatic heterocycles. The van der Waals surface area contributed by atoms with Crippen LogP contribution < -0.4 is 5.32 Å². The van der Waals surface area contributed by atoms with Crippen molar-refractivity contribution < 1.29 is 4.79 Å². The van der Waals surface area contributed by atoms with Crippen molar-refractivity contribution in [2.75, 3.05) is 0 Å². The molecule has 0 rings (SSSR count). The predicted molar refractivity (Wildman–Crippen MR) is 37.8 cm³/mol. The van der Waals surface area contributed by atoms with Gasteiger partial charge in [-0.3, -0.25) is 4.79 Å². The first-order valence-corrected chi connectivity index (χ1v) is 2.82. The highest BCUT2D eigenvalue weighted by atomic mass is 16.1. The zero-order valence-corrected chi connectivity index (χ0v) is 5.61. The summed E-state index contributed by atoms with van der Waals surface area (Å²) in [5.74, 6) is -0.0279. The maximum atomic E-state index is 10.6. The Balaban J connectivity index is 3.59. The molecule has 0 radical (unpaired) electrons. The Kier molecular flexibility index (Phi) is 3.44. The van der Waals surface area contributed by atoms with Crippen molar-refractivity contribution in [2.24, 2.45) is 0 Å². The van der Waals surface area contributed by atoms with Gasteiger partial charge in [-0.05, 0) is 6.08 Å². The molecule has 0 atom stereocenters. The topological polar surface area (TPSA) is 29.1 Å². The molecule has 0 aliphatic carbocycles. The standard InChI is InChI=1S/C7H11NO/c1-4-6(3)8-7(9)5-2/h4H,1,3,5H2,2H3,(H,8,9). The quantitative estimate of drug-likeness (QED) is 0.564. The van der Waals surface area contributed by atoms with Crippen LogP contribution in [0.25, 0.3) is 0 Å². The Hall–Kier alpha value is -1.05. The van der Waals surface area contributed by atoms with E-state index >= 15 is 0 Å². The minimum atomic E-state index is -0.0279. The van der Waals surface area contributed by atoms with E-state index in [0.717, 1.165) is 0 Å². The molecule has 0 aliphatic heterocycles. The molecule has 0 spiro atoms. The molecular weight excluding hydrogens is 114 g/mol. The third-order valence-corrected chi connectivity index (χ3v) is 0.867. The average Bonchev–Trinajstić information content (AvgIpc) is 1.87. The lowest BCUT2D eigenvalue weighted by Gasteiger charge is -1.99. The predicted octanol–water partition coefficient (Wildman–Crippen LogP) is 1.21. The summed E-state index contributed by atoms with van der Waals surface area (Å²) in [7, 11) is 0. The number of carbonyl (C=O) groups excluding carboxylic acids is 1. The van der Waals surface area contributed by atoms with Crippen LogP contribution in [0.2, 0.25) is 0 Å². The third kappa shape index (κ3) is 3.53. The molecule has 0 saturated heterocycles. The number of rotatable bonds is 3. The van der Waals surface area contributed by atoms with E-state index in [9.17, 15) is 4.79 Å². The molecule has 0 unspecified atom stereocenters. The molecule has 0 saturated carbocycles. The maximum absolute atomic E-state index is 10.6. The van der Waals surface area contributed by atoms with Gasteiger partial charge in [0.2, 0.25) is 5.91 Å². The summed E-state index contributed by atoms with van der Waals surface area (Å²) < 4.78 is 0. The third-order valence-electron chi connectivity index (χ3n) is 0.867. The van der Waals surface area contributed by atoms with E-state index in [1.54, 1.807) is 6.92 Å². The Morgan fingerprint density at radius 1 is 1.78 bits per heavy atom. The molecule has 0 aliphatic rings. The first-order chi connectivity index (χ1) is 4.20. The molecule has 50 valence electrons. The van der Waals surface area contributed by atoms with Crippen molar-refractivity contribution in [3.63, 3.8) is 0 Å². The lowest BCUT2D eigenvalue weighted by molar-refractivity contribution is -0.119. The maximum Gasteiger partial charge on any atom is 0.224 e. The van der Waals surface area contributed by atoms with Gasteiger partial charge in [0, 0.05) is 12.1 Å². The number of amides is 1. The van der Waals surface area contributed by atoms with Crippen LogP contribution in [0.4, 0.5) is 0 Å². The molecule has 0 heterocycles. The summed E-state index contributed by atoms with van der Waals surface area (Å²) in [4.78, 5) is 10.6. The molecule has 0 fully saturated rings. The summed E-state index contributed by atoms with van der Waals surface area (Å²) >= 11 is 0. The normalized spacial score (nSPS) is 8.11. The van der Waals surface area contributed by atoms with Gasteiger partial charge in [0.15, 0.2) is 0 Å². The Labute approximate surface area is 55.3 Å². The Morgan fingerprint density at radius 2 is 2.33 bits per heavy atom. The van der Waals surface area contributed by atoms with Crippen molar-refractivity contribution in [1.29, 1.82) is 0 Å². The summed E-state index contributed by atoms with van der Waals surface area (Å²) in [5, 5.41) is 2.53. The van der Waals surface area contributed by atoms with Gasteiger partial charge in [0.05, 0.1) is 0 Å². The summed E-state index contributed by atoms with van der Waals surface area (Å²) in [5.41, 5.74) is 0.557. The Bertz CT molecular complexity index is 138. The first-order valence-electron chi connectivity index (χ1n) is 2.82. The SMILES string of the molecule is C=CC(=C)NC(=O)CC. The summed E-state index contributed by atoms with van der Waals surface area (Å²) in [6.45, 7) is 8.73. The largest absolute Gasteiger partial charge is 0.327 e. The number of allylic oxidation sites excluding steroid dienone is 1. The molecule has 0 aromatic rings. The average molecular weight is 125 g/mol. The highest BCUT2D eigenvalue weighted by Gasteiger charge is 1.93. The van der Waals surface area contributed by atoms with E-state index in [1.165, 1.54) is 6.08 Å². The van der Waals surface area contributed by atoms with Crippen LogP contribution in [-0.2, 0) is 4.79 Å². The fourth-order valence-electron chi connectivity index (χ4n) is 0.318. The summed E-state index contributed by atoms with van der Waals surface area (Å²) in [6.07, 6.45) is 1.99. The molecule has 2 heteroatoms. The van der Waals surface area contributed by atoms with E-state index in [4.69, 9.17) is 0 Å². The zero-order valence-electron chi connectivity index (χ0n) is 5.61. The van der Waals surface area contributed by atoms with E-state index in [-0.39, 0.29) is 5.91 Å². The van der Waals surface area contributed by atoms with Crippen LogP contribution in [0.5, 0.6) is 0 Å². The second kappa shape index (κ2) is 3.89. The molecule has 9 heavy (non-hydrogen) atoms. The molecule has 0 bridgehead atoms. The molecular formula is C7H11NO. The van der Waals surface area contributed by atoms with Crippen molar-refractivity contribution >= 4 is 5.91 Å². The van der Waals surface area contributed by atoms with Gasteiger partial charge in [-0.2, -0.15) is 0 Å². The van der Waals surface area contributed by atoms with E-state index < -0.39 is 0 Å². The van der Waals surface area contributed by atoms with Gasteiger partial charge in [0.1, 0.15) is 0 Å². The van der Waals surface area contributed by atoms with E-state index in [1.807, 2.05) is 0 Å². The van der Waals surface area contributed by atoms with Crippen LogP contribution in [0.15, 0.2) is 24.9 Å². The van der Waals surface area contributed by atoms with Gasteiger partial charge in [-0.15, -0.1) is 0 Å². The minimum absolute atomic E-state index is 0.0279. The summed E-state index contributed by atoms with van der Waals surface area (Å²) in [6, 6.07) is 0. The van der Waals surface area contributed by atoms with E-state index in [2.05, 4.69) is 18.5 Å². The van der Waals surface area contributed by atoms with Crippen LogP contribution in [0.1, 0.15) is 13.3 Å². The van der Waals surface area contributed by atoms with Crippen LogP contribution in [-0.4, -0.2) is 5.91 Å². The second-order valence-electron chi connectivity index (χ2n) is 1.63. The van der Waals surface area contributed by atoms with Gasteiger partial charge in [-0.25, -0.2) is 0 Å². The highest BCUT2D eigenvalue weighted by Crippen LogP contribution is 1.84. The molecule has 0 aromatic carbocycles. The first kappa shape index (κ1) is 7.95.